The van der Waals surface area contributed by atoms with E-state index in [1.165, 1.54) is 17.2 Å². The number of aryl methyl sites for hydroxylation is 1. The van der Waals surface area contributed by atoms with Crippen LogP contribution in [0.1, 0.15) is 71.4 Å². The average molecular weight is 557 g/mol. The molecule has 1 aromatic heterocycles. The summed E-state index contributed by atoms with van der Waals surface area (Å²) in [5, 5.41) is 0. The van der Waals surface area contributed by atoms with Crippen molar-refractivity contribution in [3.63, 3.8) is 0 Å². The fourth-order valence-electron chi connectivity index (χ4n) is 6.18. The number of hydrogen-bond acceptors (Lipinski definition) is 5. The lowest BCUT2D eigenvalue weighted by molar-refractivity contribution is -0.114. The largest absolute Gasteiger partial charge is 0.336 e. The second kappa shape index (κ2) is 8.62. The smallest absolute Gasteiger partial charge is 0.259 e. The maximum absolute atomic E-state index is 13.7. The minimum absolute atomic E-state index is 0.123. The number of carbonyl (C=O) groups is 2. The summed E-state index contributed by atoms with van der Waals surface area (Å²) < 4.78 is 0.910. The number of carbonyl (C=O) groups excluding carboxylic acids is 2. The number of hydrogen-bond donors (Lipinski definition) is 0. The predicted molar refractivity (Wildman–Crippen MR) is 149 cm³/mol. The summed E-state index contributed by atoms with van der Waals surface area (Å²) in [6, 6.07) is 12.5. The van der Waals surface area contributed by atoms with E-state index >= 15 is 0 Å². The Balaban J connectivity index is 1.33. The quantitative estimate of drug-likeness (QED) is 0.292. The number of nitrogens with zero attached hydrogens (tertiary/aromatic N) is 4. The van der Waals surface area contributed by atoms with E-state index < -0.39 is 0 Å². The summed E-state index contributed by atoms with van der Waals surface area (Å²) in [6.07, 6.45) is 4.88. The number of aromatic nitrogens is 2. The Kier molecular flexibility index (Phi) is 5.60. The van der Waals surface area contributed by atoms with Gasteiger partial charge in [0.05, 0.1) is 22.5 Å². The van der Waals surface area contributed by atoms with Crippen LogP contribution in [-0.2, 0) is 17.8 Å². The number of benzene rings is 2. The van der Waals surface area contributed by atoms with Crippen molar-refractivity contribution in [1.29, 1.82) is 0 Å². The molecule has 1 unspecified atom stereocenters. The van der Waals surface area contributed by atoms with Crippen LogP contribution in [-0.4, -0.2) is 33.7 Å². The molecule has 1 atom stereocenters. The first kappa shape index (κ1) is 24.0. The van der Waals surface area contributed by atoms with Crippen molar-refractivity contribution in [1.82, 2.24) is 9.97 Å². The molecule has 0 bridgehead atoms. The fraction of sp³-hybridized carbons (Fsp3) is 0.333. The fourth-order valence-corrected chi connectivity index (χ4v) is 6.66. The molecular formula is C30H29BrN4O2. The Morgan fingerprint density at radius 3 is 2.70 bits per heavy atom. The molecule has 0 fully saturated rings. The normalized spacial score (nSPS) is 20.7. The van der Waals surface area contributed by atoms with Gasteiger partial charge in [-0.15, -0.1) is 0 Å². The zero-order valence-electron chi connectivity index (χ0n) is 21.5. The lowest BCUT2D eigenvalue weighted by Crippen LogP contribution is -2.49. The van der Waals surface area contributed by atoms with Gasteiger partial charge in [0.2, 0.25) is 5.95 Å². The second-order valence-electron chi connectivity index (χ2n) is 11.0. The highest BCUT2D eigenvalue weighted by Gasteiger charge is 2.47. The summed E-state index contributed by atoms with van der Waals surface area (Å²) in [5.74, 6) is 0.558. The topological polar surface area (TPSA) is 66.4 Å². The van der Waals surface area contributed by atoms with Crippen LogP contribution in [0.25, 0.3) is 5.57 Å². The number of allylic oxidation sites excluding steroid dienone is 1. The van der Waals surface area contributed by atoms with E-state index in [1.807, 2.05) is 17.9 Å². The Labute approximate surface area is 225 Å². The van der Waals surface area contributed by atoms with Gasteiger partial charge in [0.25, 0.3) is 5.91 Å². The summed E-state index contributed by atoms with van der Waals surface area (Å²) in [6.45, 7) is 9.80. The van der Waals surface area contributed by atoms with E-state index in [1.54, 1.807) is 6.20 Å². The molecule has 3 aromatic rings. The molecule has 6 nitrogen and oxygen atoms in total. The van der Waals surface area contributed by atoms with Crippen LogP contribution < -0.4 is 9.80 Å². The molecule has 0 saturated heterocycles. The zero-order valence-corrected chi connectivity index (χ0v) is 23.1. The number of ketones is 1. The van der Waals surface area contributed by atoms with Crippen LogP contribution in [0.5, 0.6) is 0 Å². The van der Waals surface area contributed by atoms with Gasteiger partial charge in [-0.25, -0.2) is 9.97 Å². The van der Waals surface area contributed by atoms with Crippen molar-refractivity contribution < 1.29 is 9.59 Å². The molecule has 3 aliphatic heterocycles. The molecule has 0 saturated carbocycles. The van der Waals surface area contributed by atoms with Gasteiger partial charge in [-0.1, -0.05) is 47.1 Å². The Bertz CT molecular complexity index is 1510. The number of fused-ring (bicyclic) bond motifs is 1. The highest BCUT2D eigenvalue weighted by atomic mass is 79.9. The predicted octanol–water partition coefficient (Wildman–Crippen LogP) is 6.01. The summed E-state index contributed by atoms with van der Waals surface area (Å²) in [7, 11) is 0. The van der Waals surface area contributed by atoms with Crippen molar-refractivity contribution in [3.8, 4) is 0 Å². The van der Waals surface area contributed by atoms with Crippen molar-refractivity contribution in [3.05, 3.63) is 86.7 Å². The van der Waals surface area contributed by atoms with Crippen LogP contribution in [0.3, 0.4) is 0 Å². The van der Waals surface area contributed by atoms with Crippen LogP contribution in [0, 0.1) is 6.92 Å². The molecule has 0 N–H and O–H groups in total. The first-order valence-corrected chi connectivity index (χ1v) is 13.5. The van der Waals surface area contributed by atoms with Gasteiger partial charge in [-0.05, 0) is 74.4 Å². The molecule has 2 aromatic carbocycles. The standard InChI is InChI=1S/C30H29BrN4O2/c1-17-14-30(3,4)35-27-22(17)11-21(31)12-23(27)24(28(35)37)13-26(36)25-15-32-29(33-18(25)2)34-10-9-19-7-5-6-8-20(19)16-34/h5-8,11-13,15,17H,9-10,14,16H2,1-4H3. The van der Waals surface area contributed by atoms with E-state index in [2.05, 4.69) is 76.9 Å². The maximum atomic E-state index is 13.7. The van der Waals surface area contributed by atoms with Crippen molar-refractivity contribution in [2.45, 2.75) is 58.5 Å². The van der Waals surface area contributed by atoms with Crippen LogP contribution in [0.2, 0.25) is 0 Å². The summed E-state index contributed by atoms with van der Waals surface area (Å²) in [4.78, 5) is 40.4. The maximum Gasteiger partial charge on any atom is 0.259 e. The highest BCUT2D eigenvalue weighted by Crippen LogP contribution is 2.52. The highest BCUT2D eigenvalue weighted by molar-refractivity contribution is 9.10. The van der Waals surface area contributed by atoms with Crippen LogP contribution >= 0.6 is 15.9 Å². The molecule has 1 amide bonds. The van der Waals surface area contributed by atoms with Gasteiger partial charge in [0.1, 0.15) is 0 Å². The van der Waals surface area contributed by atoms with Crippen LogP contribution in [0.4, 0.5) is 11.6 Å². The van der Waals surface area contributed by atoms with E-state index in [0.29, 0.717) is 28.7 Å². The SMILES string of the molecule is Cc1nc(N2CCc3ccccc3C2)ncc1C(=O)C=C1C(=O)N2c3c1cc(Br)cc3C(C)CC2(C)C. The van der Waals surface area contributed by atoms with Gasteiger partial charge < -0.3 is 9.80 Å². The van der Waals surface area contributed by atoms with Gasteiger partial charge in [-0.3, -0.25) is 9.59 Å². The number of halogens is 1. The van der Waals surface area contributed by atoms with E-state index in [4.69, 9.17) is 4.98 Å². The lowest BCUT2D eigenvalue weighted by Gasteiger charge is -2.43. The van der Waals surface area contributed by atoms with Crippen LogP contribution in [0.15, 0.2) is 53.1 Å². The minimum Gasteiger partial charge on any atom is -0.336 e. The van der Waals surface area contributed by atoms with Crippen molar-refractivity contribution in [2.24, 2.45) is 0 Å². The van der Waals surface area contributed by atoms with E-state index in [-0.39, 0.29) is 17.2 Å². The zero-order chi connectivity index (χ0) is 26.1. The average Bonchev–Trinajstić information content (AvgIpc) is 3.14. The number of rotatable bonds is 3. The molecule has 188 valence electrons. The van der Waals surface area contributed by atoms with Gasteiger partial charge in [0.15, 0.2) is 5.78 Å². The third-order valence-electron chi connectivity index (χ3n) is 7.91. The molecule has 0 aliphatic carbocycles. The third-order valence-corrected chi connectivity index (χ3v) is 8.37. The lowest BCUT2D eigenvalue weighted by atomic mass is 9.80. The monoisotopic (exact) mass is 556 g/mol. The second-order valence-corrected chi connectivity index (χ2v) is 11.9. The minimum atomic E-state index is -0.335. The molecule has 0 radical (unpaired) electrons. The number of amides is 1. The molecule has 7 heteroatoms. The first-order chi connectivity index (χ1) is 17.6. The van der Waals surface area contributed by atoms with E-state index in [0.717, 1.165) is 47.2 Å². The van der Waals surface area contributed by atoms with Crippen molar-refractivity contribution in [2.75, 3.05) is 16.3 Å². The third kappa shape index (κ3) is 3.91. The van der Waals surface area contributed by atoms with E-state index in [9.17, 15) is 9.59 Å². The number of anilines is 2. The molecule has 37 heavy (non-hydrogen) atoms. The molecule has 6 rings (SSSR count). The molecule has 4 heterocycles. The first-order valence-electron chi connectivity index (χ1n) is 12.7. The Morgan fingerprint density at radius 2 is 1.95 bits per heavy atom. The van der Waals surface area contributed by atoms with Crippen molar-refractivity contribution >= 4 is 44.8 Å². The molecular weight excluding hydrogens is 528 g/mol. The molecule has 3 aliphatic rings. The summed E-state index contributed by atoms with van der Waals surface area (Å²) >= 11 is 3.62. The van der Waals surface area contributed by atoms with Gasteiger partial charge >= 0.3 is 0 Å². The van der Waals surface area contributed by atoms with Gasteiger partial charge in [-0.2, -0.15) is 0 Å². The summed E-state index contributed by atoms with van der Waals surface area (Å²) in [5.41, 5.74) is 6.65. The Morgan fingerprint density at radius 1 is 1.19 bits per heavy atom. The molecule has 0 spiro atoms. The van der Waals surface area contributed by atoms with Gasteiger partial charge in [0, 0.05) is 34.9 Å². The Hall–Kier alpha value is -3.32.